The zero-order valence-electron chi connectivity index (χ0n) is 9.45. The number of fused-ring (bicyclic) bond motifs is 1. The van der Waals surface area contributed by atoms with Crippen molar-refractivity contribution >= 4 is 5.82 Å². The number of nitrogens with two attached hydrogens (primary N) is 1. The van der Waals surface area contributed by atoms with Gasteiger partial charge in [-0.1, -0.05) is 6.07 Å². The first-order valence-electron chi connectivity index (χ1n) is 5.61. The topological polar surface area (TPSA) is 72.9 Å². The molecule has 2 aromatic heterocycles. The van der Waals surface area contributed by atoms with Gasteiger partial charge in [0.25, 0.3) is 0 Å². The second kappa shape index (κ2) is 4.14. The van der Waals surface area contributed by atoms with Crippen LogP contribution in [0.4, 0.5) is 5.82 Å². The van der Waals surface area contributed by atoms with Crippen molar-refractivity contribution < 1.29 is 0 Å². The average molecular weight is 230 g/mol. The first-order valence-corrected chi connectivity index (χ1v) is 5.61. The number of aromatic nitrogens is 4. The predicted octanol–water partition coefficient (Wildman–Crippen LogP) is 0.271. The summed E-state index contributed by atoms with van der Waals surface area (Å²) in [6.45, 7) is 3.54. The standard InChI is InChI=1S/C11H14N6/c12-11-9(2-1-3-13-11)6-16-4-5-17-8-14-15-10(17)7-16/h1-3,8H,4-7H2,(H2,12,13). The Balaban J connectivity index is 1.74. The van der Waals surface area contributed by atoms with Crippen LogP contribution in [0.25, 0.3) is 0 Å². The Bertz CT molecular complexity index is 520. The van der Waals surface area contributed by atoms with Crippen molar-refractivity contribution in [3.05, 3.63) is 36.0 Å². The molecule has 6 nitrogen and oxygen atoms in total. The lowest BCUT2D eigenvalue weighted by atomic mass is 10.2. The predicted molar refractivity (Wildman–Crippen MR) is 62.8 cm³/mol. The summed E-state index contributed by atoms with van der Waals surface area (Å²) in [6, 6.07) is 3.93. The molecule has 0 unspecified atom stereocenters. The van der Waals surface area contributed by atoms with Gasteiger partial charge in [0.2, 0.25) is 0 Å². The Hall–Kier alpha value is -1.95. The van der Waals surface area contributed by atoms with E-state index in [0.717, 1.165) is 37.6 Å². The summed E-state index contributed by atoms with van der Waals surface area (Å²) in [4.78, 5) is 6.40. The van der Waals surface area contributed by atoms with Crippen molar-refractivity contribution in [1.29, 1.82) is 0 Å². The highest BCUT2D eigenvalue weighted by Crippen LogP contribution is 2.15. The smallest absolute Gasteiger partial charge is 0.147 e. The maximum Gasteiger partial charge on any atom is 0.147 e. The van der Waals surface area contributed by atoms with E-state index in [0.29, 0.717) is 5.82 Å². The van der Waals surface area contributed by atoms with Crippen molar-refractivity contribution in [2.45, 2.75) is 19.6 Å². The molecular formula is C11H14N6. The van der Waals surface area contributed by atoms with Crippen LogP contribution in [0.1, 0.15) is 11.4 Å². The second-order valence-electron chi connectivity index (χ2n) is 4.20. The van der Waals surface area contributed by atoms with E-state index in [4.69, 9.17) is 5.73 Å². The molecule has 2 aromatic rings. The molecule has 2 N–H and O–H groups in total. The van der Waals surface area contributed by atoms with E-state index in [1.165, 1.54) is 0 Å². The van der Waals surface area contributed by atoms with Crippen LogP contribution in [0.2, 0.25) is 0 Å². The largest absolute Gasteiger partial charge is 0.383 e. The highest BCUT2D eigenvalue weighted by atomic mass is 15.3. The van der Waals surface area contributed by atoms with Crippen molar-refractivity contribution in [1.82, 2.24) is 24.6 Å². The Kier molecular flexibility index (Phi) is 2.49. The van der Waals surface area contributed by atoms with E-state index < -0.39 is 0 Å². The molecule has 0 amide bonds. The van der Waals surface area contributed by atoms with Gasteiger partial charge in [0, 0.05) is 31.4 Å². The number of nitrogens with zero attached hydrogens (tertiary/aromatic N) is 5. The Morgan fingerprint density at radius 3 is 3.18 bits per heavy atom. The molecule has 88 valence electrons. The fourth-order valence-corrected chi connectivity index (χ4v) is 2.08. The molecule has 0 saturated carbocycles. The van der Waals surface area contributed by atoms with E-state index in [1.54, 1.807) is 12.5 Å². The second-order valence-corrected chi connectivity index (χ2v) is 4.20. The fourth-order valence-electron chi connectivity index (χ4n) is 2.08. The van der Waals surface area contributed by atoms with Gasteiger partial charge in [-0.3, -0.25) is 4.90 Å². The Morgan fingerprint density at radius 1 is 1.35 bits per heavy atom. The number of rotatable bonds is 2. The molecule has 0 spiro atoms. The van der Waals surface area contributed by atoms with Crippen LogP contribution < -0.4 is 5.73 Å². The lowest BCUT2D eigenvalue weighted by molar-refractivity contribution is 0.209. The van der Waals surface area contributed by atoms with Gasteiger partial charge in [-0.15, -0.1) is 10.2 Å². The SMILES string of the molecule is Nc1ncccc1CN1CCn2cnnc2C1. The zero-order valence-corrected chi connectivity index (χ0v) is 9.45. The van der Waals surface area contributed by atoms with Crippen molar-refractivity contribution in [2.24, 2.45) is 0 Å². The number of hydrogen-bond donors (Lipinski definition) is 1. The molecule has 6 heteroatoms. The van der Waals surface area contributed by atoms with Gasteiger partial charge in [0.15, 0.2) is 0 Å². The van der Waals surface area contributed by atoms with Crippen LogP contribution in [0.15, 0.2) is 24.7 Å². The quantitative estimate of drug-likeness (QED) is 0.801. The molecule has 0 aliphatic carbocycles. The minimum Gasteiger partial charge on any atom is -0.383 e. The van der Waals surface area contributed by atoms with Gasteiger partial charge in [-0.05, 0) is 6.07 Å². The third-order valence-electron chi connectivity index (χ3n) is 3.04. The monoisotopic (exact) mass is 230 g/mol. The third-order valence-corrected chi connectivity index (χ3v) is 3.04. The molecule has 0 atom stereocenters. The van der Waals surface area contributed by atoms with Gasteiger partial charge >= 0.3 is 0 Å². The summed E-state index contributed by atoms with van der Waals surface area (Å²) in [5, 5.41) is 8.01. The van der Waals surface area contributed by atoms with Crippen LogP contribution in [-0.2, 0) is 19.6 Å². The molecule has 0 fully saturated rings. The minimum absolute atomic E-state index is 0.611. The summed E-state index contributed by atoms with van der Waals surface area (Å²) in [6.07, 6.45) is 3.50. The molecular weight excluding hydrogens is 216 g/mol. The number of pyridine rings is 1. The van der Waals surface area contributed by atoms with Gasteiger partial charge in [0.1, 0.15) is 18.0 Å². The minimum atomic E-state index is 0.611. The first-order chi connectivity index (χ1) is 8.33. The number of anilines is 1. The zero-order chi connectivity index (χ0) is 11.7. The van der Waals surface area contributed by atoms with E-state index in [1.807, 2.05) is 12.1 Å². The van der Waals surface area contributed by atoms with E-state index in [-0.39, 0.29) is 0 Å². The van der Waals surface area contributed by atoms with Crippen molar-refractivity contribution in [3.8, 4) is 0 Å². The molecule has 0 radical (unpaired) electrons. The van der Waals surface area contributed by atoms with Crippen molar-refractivity contribution in [2.75, 3.05) is 12.3 Å². The average Bonchev–Trinajstić information content (AvgIpc) is 2.79. The lowest BCUT2D eigenvalue weighted by Gasteiger charge is -2.27. The maximum absolute atomic E-state index is 5.84. The van der Waals surface area contributed by atoms with Gasteiger partial charge in [-0.2, -0.15) is 0 Å². The first kappa shape index (κ1) is 10.2. The van der Waals surface area contributed by atoms with E-state index in [2.05, 4.69) is 24.6 Å². The van der Waals surface area contributed by atoms with Gasteiger partial charge < -0.3 is 10.3 Å². The third kappa shape index (κ3) is 1.99. The molecule has 3 rings (SSSR count). The highest BCUT2D eigenvalue weighted by Gasteiger charge is 2.17. The fraction of sp³-hybridized carbons (Fsp3) is 0.364. The molecule has 1 aliphatic heterocycles. The van der Waals surface area contributed by atoms with Crippen LogP contribution in [0.5, 0.6) is 0 Å². The molecule has 0 saturated heterocycles. The summed E-state index contributed by atoms with van der Waals surface area (Å²) in [5.41, 5.74) is 6.91. The molecule has 3 heterocycles. The molecule has 0 bridgehead atoms. The summed E-state index contributed by atoms with van der Waals surface area (Å²) in [5.74, 6) is 1.62. The van der Waals surface area contributed by atoms with E-state index in [9.17, 15) is 0 Å². The molecule has 1 aliphatic rings. The number of nitrogen functional groups attached to an aromatic ring is 1. The summed E-state index contributed by atoms with van der Waals surface area (Å²) < 4.78 is 2.09. The molecule has 0 aromatic carbocycles. The van der Waals surface area contributed by atoms with E-state index >= 15 is 0 Å². The lowest BCUT2D eigenvalue weighted by Crippen LogP contribution is -2.33. The molecule has 17 heavy (non-hydrogen) atoms. The summed E-state index contributed by atoms with van der Waals surface area (Å²) >= 11 is 0. The van der Waals surface area contributed by atoms with Crippen LogP contribution in [0.3, 0.4) is 0 Å². The Labute approximate surface area is 99.1 Å². The van der Waals surface area contributed by atoms with Gasteiger partial charge in [0.05, 0.1) is 6.54 Å². The van der Waals surface area contributed by atoms with Gasteiger partial charge in [-0.25, -0.2) is 4.98 Å². The van der Waals surface area contributed by atoms with Crippen molar-refractivity contribution in [3.63, 3.8) is 0 Å². The van der Waals surface area contributed by atoms with Crippen LogP contribution in [-0.4, -0.2) is 31.2 Å². The highest BCUT2D eigenvalue weighted by molar-refractivity contribution is 5.38. The van der Waals surface area contributed by atoms with Crippen LogP contribution >= 0.6 is 0 Å². The Morgan fingerprint density at radius 2 is 2.29 bits per heavy atom. The number of hydrogen-bond acceptors (Lipinski definition) is 5. The summed E-state index contributed by atoms with van der Waals surface area (Å²) in [7, 11) is 0. The maximum atomic E-state index is 5.84. The van der Waals surface area contributed by atoms with Crippen LogP contribution in [0, 0.1) is 0 Å². The normalized spacial score (nSPS) is 15.8.